The molecule has 0 aliphatic rings. The van der Waals surface area contributed by atoms with Crippen molar-refractivity contribution in [3.05, 3.63) is 35.9 Å². The third kappa shape index (κ3) is 3.16. The largest absolute Gasteiger partial charge is 0.184 e. The minimum atomic E-state index is 0. The van der Waals surface area contributed by atoms with Gasteiger partial charge < -0.3 is 0 Å². The molecule has 0 aromatic heterocycles. The second kappa shape index (κ2) is 4.02. The maximum atomic E-state index is 3.00. The first-order valence-electron chi connectivity index (χ1n) is 3.57. The van der Waals surface area contributed by atoms with Crippen LogP contribution >= 0.6 is 0 Å². The fourth-order valence-electron chi connectivity index (χ4n) is 0.887. The van der Waals surface area contributed by atoms with Gasteiger partial charge in [0.15, 0.2) is 0 Å². The first-order valence-corrected chi connectivity index (χ1v) is 3.57. The van der Waals surface area contributed by atoms with Crippen LogP contribution in [0, 0.1) is 6.07 Å². The first-order chi connectivity index (χ1) is 4.61. The normalized spacial score (nSPS) is 10.5. The summed E-state index contributed by atoms with van der Waals surface area (Å²) in [6.45, 7) is 6.63. The molecule has 1 rings (SSSR count). The van der Waals surface area contributed by atoms with Gasteiger partial charge in [0.1, 0.15) is 0 Å². The van der Waals surface area contributed by atoms with Crippen molar-refractivity contribution in [3.8, 4) is 0 Å². The van der Waals surface area contributed by atoms with E-state index in [9.17, 15) is 0 Å². The van der Waals surface area contributed by atoms with E-state index in [0.717, 1.165) is 0 Å². The summed E-state index contributed by atoms with van der Waals surface area (Å²) in [6.07, 6.45) is 0. The van der Waals surface area contributed by atoms with E-state index in [4.69, 9.17) is 0 Å². The zero-order chi connectivity index (χ0) is 7.61. The summed E-state index contributed by atoms with van der Waals surface area (Å²) >= 11 is 0. The minimum Gasteiger partial charge on any atom is -0.184 e. The van der Waals surface area contributed by atoms with Crippen molar-refractivity contribution in [2.24, 2.45) is 0 Å². The molecular weight excluding hydrogens is 185 g/mol. The fourth-order valence-corrected chi connectivity index (χ4v) is 0.887. The second-order valence-electron chi connectivity index (χ2n) is 3.54. The third-order valence-corrected chi connectivity index (χ3v) is 1.58. The number of benzene rings is 1. The van der Waals surface area contributed by atoms with Crippen LogP contribution in [-0.4, -0.2) is 0 Å². The van der Waals surface area contributed by atoms with Gasteiger partial charge in [-0.1, -0.05) is 20.8 Å². The molecule has 0 saturated carbocycles. The van der Waals surface area contributed by atoms with E-state index in [1.807, 2.05) is 12.1 Å². The monoisotopic (exact) mass is 197 g/mol. The molecule has 0 spiro atoms. The molecule has 0 atom stereocenters. The standard InChI is InChI=1S/C10H13.Zn/c1-10(2,3)9-7-5-4-6-8-9;/h5-8H,1-3H3;/q-1;. The summed E-state index contributed by atoms with van der Waals surface area (Å²) in [7, 11) is 0. The SMILES string of the molecule is CC(C)(C)c1cc[c-]cc1.[Zn]. The van der Waals surface area contributed by atoms with E-state index >= 15 is 0 Å². The van der Waals surface area contributed by atoms with Crippen molar-refractivity contribution in [1.29, 1.82) is 0 Å². The molecule has 0 nitrogen and oxygen atoms in total. The Morgan fingerprint density at radius 1 is 1.09 bits per heavy atom. The van der Waals surface area contributed by atoms with Gasteiger partial charge in [0.2, 0.25) is 0 Å². The van der Waals surface area contributed by atoms with E-state index in [2.05, 4.69) is 39.0 Å². The summed E-state index contributed by atoms with van der Waals surface area (Å²) in [5, 5.41) is 0. The molecule has 0 heterocycles. The molecule has 0 aliphatic heterocycles. The average Bonchev–Trinajstić information content (AvgIpc) is 1.88. The Bertz CT molecular complexity index is 196. The van der Waals surface area contributed by atoms with Crippen LogP contribution < -0.4 is 0 Å². The van der Waals surface area contributed by atoms with E-state index in [1.165, 1.54) is 5.56 Å². The van der Waals surface area contributed by atoms with Crippen molar-refractivity contribution in [2.75, 3.05) is 0 Å². The molecule has 56 valence electrons. The van der Waals surface area contributed by atoms with Crippen molar-refractivity contribution in [3.63, 3.8) is 0 Å². The van der Waals surface area contributed by atoms with Crippen molar-refractivity contribution in [2.45, 2.75) is 26.2 Å². The Morgan fingerprint density at radius 2 is 1.55 bits per heavy atom. The quantitative estimate of drug-likeness (QED) is 0.444. The average molecular weight is 199 g/mol. The van der Waals surface area contributed by atoms with Crippen LogP contribution in [0.4, 0.5) is 0 Å². The van der Waals surface area contributed by atoms with Crippen LogP contribution in [0.2, 0.25) is 0 Å². The fraction of sp³-hybridized carbons (Fsp3) is 0.400. The number of rotatable bonds is 0. The second-order valence-corrected chi connectivity index (χ2v) is 3.54. The topological polar surface area (TPSA) is 0 Å². The summed E-state index contributed by atoms with van der Waals surface area (Å²) in [5.74, 6) is 0. The summed E-state index contributed by atoms with van der Waals surface area (Å²) < 4.78 is 0. The van der Waals surface area contributed by atoms with Crippen molar-refractivity contribution < 1.29 is 19.5 Å². The zero-order valence-electron chi connectivity index (χ0n) is 7.52. The number of hydrogen-bond donors (Lipinski definition) is 0. The Labute approximate surface area is 81.8 Å². The van der Waals surface area contributed by atoms with Gasteiger partial charge in [-0.15, -0.1) is 0 Å². The molecule has 0 unspecified atom stereocenters. The van der Waals surface area contributed by atoms with Gasteiger partial charge in [-0.2, -0.15) is 35.9 Å². The Balaban J connectivity index is 0.000001000. The van der Waals surface area contributed by atoms with Crippen LogP contribution in [-0.2, 0) is 24.9 Å². The van der Waals surface area contributed by atoms with Gasteiger partial charge in [-0.25, -0.2) is 0 Å². The molecule has 0 bridgehead atoms. The van der Waals surface area contributed by atoms with Crippen LogP contribution in [0.25, 0.3) is 0 Å². The third-order valence-electron chi connectivity index (χ3n) is 1.58. The summed E-state index contributed by atoms with van der Waals surface area (Å²) in [5.41, 5.74) is 1.64. The predicted molar refractivity (Wildman–Crippen MR) is 44.0 cm³/mol. The Hall–Kier alpha value is -0.157. The van der Waals surface area contributed by atoms with Crippen molar-refractivity contribution in [1.82, 2.24) is 0 Å². The van der Waals surface area contributed by atoms with Crippen molar-refractivity contribution >= 4 is 0 Å². The van der Waals surface area contributed by atoms with Gasteiger partial charge in [-0.05, 0) is 5.41 Å². The van der Waals surface area contributed by atoms with Gasteiger partial charge >= 0.3 is 0 Å². The molecule has 0 saturated heterocycles. The minimum absolute atomic E-state index is 0. The van der Waals surface area contributed by atoms with Crippen LogP contribution in [0.15, 0.2) is 24.3 Å². The predicted octanol–water partition coefficient (Wildman–Crippen LogP) is 2.78. The van der Waals surface area contributed by atoms with E-state index in [-0.39, 0.29) is 24.9 Å². The molecule has 0 amide bonds. The van der Waals surface area contributed by atoms with Gasteiger partial charge in [0.05, 0.1) is 0 Å². The van der Waals surface area contributed by atoms with Gasteiger partial charge in [0.25, 0.3) is 0 Å². The molecule has 0 aliphatic carbocycles. The maximum Gasteiger partial charge on any atom is 0 e. The maximum absolute atomic E-state index is 3.00. The summed E-state index contributed by atoms with van der Waals surface area (Å²) in [4.78, 5) is 0. The van der Waals surface area contributed by atoms with E-state index in [1.54, 1.807) is 0 Å². The van der Waals surface area contributed by atoms with Gasteiger partial charge in [-0.3, -0.25) is 0 Å². The van der Waals surface area contributed by atoms with Gasteiger partial charge in [0, 0.05) is 19.5 Å². The Morgan fingerprint density at radius 3 is 1.82 bits per heavy atom. The Kier molecular flexibility index (Phi) is 3.96. The van der Waals surface area contributed by atoms with Crippen LogP contribution in [0.3, 0.4) is 0 Å². The van der Waals surface area contributed by atoms with E-state index in [0.29, 0.717) is 0 Å². The molecular formula is C10H13Zn-. The van der Waals surface area contributed by atoms with E-state index < -0.39 is 0 Å². The van der Waals surface area contributed by atoms with Crippen LogP contribution in [0.1, 0.15) is 26.3 Å². The number of hydrogen-bond acceptors (Lipinski definition) is 0. The molecule has 11 heavy (non-hydrogen) atoms. The molecule has 0 fully saturated rings. The van der Waals surface area contributed by atoms with Crippen LogP contribution in [0.5, 0.6) is 0 Å². The smallest absolute Gasteiger partial charge is 0 e. The summed E-state index contributed by atoms with van der Waals surface area (Å²) in [6, 6.07) is 11.1. The molecule has 0 radical (unpaired) electrons. The first kappa shape index (κ1) is 10.8. The molecule has 1 aromatic carbocycles. The molecule has 1 heteroatoms. The zero-order valence-corrected chi connectivity index (χ0v) is 10.5. The molecule has 0 N–H and O–H groups in total. The molecule has 1 aromatic rings.